The predicted molar refractivity (Wildman–Crippen MR) is 132 cm³/mol. The number of para-hydroxylation sites is 1. The number of phenolic OH excluding ortho intramolecular Hbond substituents is 1. The summed E-state index contributed by atoms with van der Waals surface area (Å²) in [5, 5.41) is 17.6. The summed E-state index contributed by atoms with van der Waals surface area (Å²) in [6.07, 6.45) is 12.0. The molecule has 2 fully saturated rings. The van der Waals surface area contributed by atoms with E-state index in [1.165, 1.54) is 19.3 Å². The van der Waals surface area contributed by atoms with Crippen molar-refractivity contribution in [1.29, 1.82) is 0 Å². The molecule has 2 saturated carbocycles. The number of nitrogens with zero attached hydrogens (tertiary/aromatic N) is 4. The zero-order valence-corrected chi connectivity index (χ0v) is 19.6. The van der Waals surface area contributed by atoms with Crippen molar-refractivity contribution in [2.45, 2.75) is 82.5 Å². The summed E-state index contributed by atoms with van der Waals surface area (Å²) in [6.45, 7) is 0.381. The van der Waals surface area contributed by atoms with E-state index < -0.39 is 0 Å². The van der Waals surface area contributed by atoms with Gasteiger partial charge in [-0.15, -0.1) is 0 Å². The largest absolute Gasteiger partial charge is 0.506 e. The van der Waals surface area contributed by atoms with Gasteiger partial charge in [0.2, 0.25) is 5.95 Å². The minimum absolute atomic E-state index is 0.0848. The number of imidazole rings is 1. The zero-order chi connectivity index (χ0) is 22.8. The van der Waals surface area contributed by atoms with Gasteiger partial charge in [0.1, 0.15) is 5.75 Å². The van der Waals surface area contributed by atoms with Crippen LogP contribution in [-0.2, 0) is 6.54 Å². The molecule has 9 heteroatoms. The molecule has 5 N–H and O–H groups in total. The Bertz CT molecular complexity index is 1100. The SMILES string of the molecule is NC1CCC(Nc2nc(NCc3cccc(Cl)c3O)c3ncn(C4CCCCC4)c3n2)CC1. The first-order valence-corrected chi connectivity index (χ1v) is 12.4. The van der Waals surface area contributed by atoms with Crippen molar-refractivity contribution in [3.05, 3.63) is 35.1 Å². The average Bonchev–Trinajstić information content (AvgIpc) is 3.26. The standard InChI is InChI=1S/C24H32ClN7O/c25-19-8-4-5-15(21(19)33)13-27-22-20-23(32(14-28-20)18-6-2-1-3-7-18)31-24(30-22)29-17-11-9-16(26)10-12-17/h4-5,8,14,16-18,33H,1-3,6-7,9-13,26H2,(H2,27,29,30,31). The zero-order valence-electron chi connectivity index (χ0n) is 18.8. The molecule has 0 atom stereocenters. The molecule has 5 rings (SSSR count). The van der Waals surface area contributed by atoms with Crippen LogP contribution >= 0.6 is 11.6 Å². The van der Waals surface area contributed by atoms with E-state index in [0.717, 1.165) is 49.7 Å². The van der Waals surface area contributed by atoms with Crippen LogP contribution < -0.4 is 16.4 Å². The van der Waals surface area contributed by atoms with Gasteiger partial charge in [0.25, 0.3) is 0 Å². The summed E-state index contributed by atoms with van der Waals surface area (Å²) >= 11 is 6.09. The lowest BCUT2D eigenvalue weighted by Crippen LogP contribution is -2.33. The molecule has 0 bridgehead atoms. The monoisotopic (exact) mass is 469 g/mol. The van der Waals surface area contributed by atoms with Crippen molar-refractivity contribution in [2.75, 3.05) is 10.6 Å². The smallest absolute Gasteiger partial charge is 0.227 e. The average molecular weight is 470 g/mol. The number of nitrogens with one attached hydrogen (secondary N) is 2. The molecule has 1 aromatic carbocycles. The summed E-state index contributed by atoms with van der Waals surface area (Å²) < 4.78 is 2.22. The molecule has 33 heavy (non-hydrogen) atoms. The molecule has 2 aliphatic rings. The van der Waals surface area contributed by atoms with Crippen molar-refractivity contribution in [3.8, 4) is 5.75 Å². The Balaban J connectivity index is 1.46. The Morgan fingerprint density at radius 3 is 2.64 bits per heavy atom. The third-order valence-corrected chi connectivity index (χ3v) is 7.32. The lowest BCUT2D eigenvalue weighted by molar-refractivity contribution is 0.358. The molecule has 0 radical (unpaired) electrons. The number of halogens is 1. The van der Waals surface area contributed by atoms with E-state index in [2.05, 4.69) is 20.2 Å². The molecule has 3 aromatic rings. The second-order valence-electron chi connectivity index (χ2n) is 9.37. The van der Waals surface area contributed by atoms with Crippen LogP contribution in [-0.4, -0.2) is 36.7 Å². The molecule has 0 spiro atoms. The van der Waals surface area contributed by atoms with Crippen LogP contribution in [0.15, 0.2) is 24.5 Å². The van der Waals surface area contributed by atoms with Gasteiger partial charge in [-0.3, -0.25) is 0 Å². The summed E-state index contributed by atoms with van der Waals surface area (Å²) in [7, 11) is 0. The number of fused-ring (bicyclic) bond motifs is 1. The number of nitrogens with two attached hydrogens (primary N) is 1. The highest BCUT2D eigenvalue weighted by Crippen LogP contribution is 2.33. The fraction of sp³-hybridized carbons (Fsp3) is 0.542. The van der Waals surface area contributed by atoms with E-state index in [1.807, 2.05) is 18.5 Å². The maximum Gasteiger partial charge on any atom is 0.227 e. The van der Waals surface area contributed by atoms with Gasteiger partial charge in [0.05, 0.1) is 11.3 Å². The first kappa shape index (κ1) is 22.2. The Morgan fingerprint density at radius 2 is 1.85 bits per heavy atom. The topological polar surface area (TPSA) is 114 Å². The first-order chi connectivity index (χ1) is 16.1. The van der Waals surface area contributed by atoms with Gasteiger partial charge in [-0.2, -0.15) is 9.97 Å². The van der Waals surface area contributed by atoms with Crippen molar-refractivity contribution < 1.29 is 5.11 Å². The maximum absolute atomic E-state index is 10.3. The van der Waals surface area contributed by atoms with Gasteiger partial charge in [-0.1, -0.05) is 43.0 Å². The van der Waals surface area contributed by atoms with Crippen molar-refractivity contribution >= 4 is 34.5 Å². The molecule has 8 nitrogen and oxygen atoms in total. The van der Waals surface area contributed by atoms with Crippen LogP contribution in [0.4, 0.5) is 11.8 Å². The summed E-state index contributed by atoms with van der Waals surface area (Å²) in [6, 6.07) is 6.38. The van der Waals surface area contributed by atoms with Gasteiger partial charge in [-0.25, -0.2) is 4.98 Å². The van der Waals surface area contributed by atoms with Crippen LogP contribution in [0.3, 0.4) is 0 Å². The van der Waals surface area contributed by atoms with E-state index in [1.54, 1.807) is 6.07 Å². The number of anilines is 2. The predicted octanol–water partition coefficient (Wildman–Crippen LogP) is 4.98. The molecular formula is C24H32ClN7O. The second kappa shape index (κ2) is 9.73. The van der Waals surface area contributed by atoms with Crippen LogP contribution in [0.1, 0.15) is 69.4 Å². The summed E-state index contributed by atoms with van der Waals surface area (Å²) in [5.74, 6) is 1.35. The van der Waals surface area contributed by atoms with Crippen LogP contribution in [0, 0.1) is 0 Å². The number of hydrogen-bond donors (Lipinski definition) is 4. The summed E-state index contributed by atoms with van der Waals surface area (Å²) in [4.78, 5) is 14.4. The van der Waals surface area contributed by atoms with E-state index in [-0.39, 0.29) is 5.75 Å². The summed E-state index contributed by atoms with van der Waals surface area (Å²) in [5.41, 5.74) is 8.39. The molecule has 0 aliphatic heterocycles. The van der Waals surface area contributed by atoms with E-state index in [9.17, 15) is 5.11 Å². The number of benzene rings is 1. The third kappa shape index (κ3) is 4.87. The Morgan fingerprint density at radius 1 is 1.06 bits per heavy atom. The number of rotatable bonds is 6. The van der Waals surface area contributed by atoms with E-state index in [0.29, 0.717) is 47.0 Å². The van der Waals surface area contributed by atoms with Crippen molar-refractivity contribution in [1.82, 2.24) is 19.5 Å². The molecule has 176 valence electrons. The van der Waals surface area contributed by atoms with Gasteiger partial charge in [-0.05, 0) is 44.6 Å². The van der Waals surface area contributed by atoms with Crippen LogP contribution in [0.2, 0.25) is 5.02 Å². The highest BCUT2D eigenvalue weighted by atomic mass is 35.5. The molecule has 0 amide bonds. The Hall–Kier alpha value is -2.58. The molecule has 0 unspecified atom stereocenters. The van der Waals surface area contributed by atoms with Crippen molar-refractivity contribution in [2.24, 2.45) is 5.73 Å². The number of aromatic nitrogens is 4. The van der Waals surface area contributed by atoms with E-state index in [4.69, 9.17) is 27.3 Å². The number of hydrogen-bond acceptors (Lipinski definition) is 7. The quantitative estimate of drug-likeness (QED) is 0.402. The molecular weight excluding hydrogens is 438 g/mol. The maximum atomic E-state index is 10.3. The van der Waals surface area contributed by atoms with Gasteiger partial charge < -0.3 is 26.0 Å². The molecule has 2 aromatic heterocycles. The van der Waals surface area contributed by atoms with Crippen LogP contribution in [0.5, 0.6) is 5.75 Å². The lowest BCUT2D eigenvalue weighted by Gasteiger charge is -2.27. The van der Waals surface area contributed by atoms with Gasteiger partial charge in [0.15, 0.2) is 17.0 Å². The number of aromatic hydroxyl groups is 1. The van der Waals surface area contributed by atoms with Crippen LogP contribution in [0.25, 0.3) is 11.2 Å². The van der Waals surface area contributed by atoms with Gasteiger partial charge >= 0.3 is 0 Å². The lowest BCUT2D eigenvalue weighted by atomic mass is 9.92. The number of phenols is 1. The highest BCUT2D eigenvalue weighted by molar-refractivity contribution is 6.32. The molecule has 0 saturated heterocycles. The molecule has 2 heterocycles. The Labute approximate surface area is 199 Å². The highest BCUT2D eigenvalue weighted by Gasteiger charge is 2.23. The fourth-order valence-electron chi connectivity index (χ4n) is 5.06. The van der Waals surface area contributed by atoms with Gasteiger partial charge in [0, 0.05) is 30.2 Å². The minimum atomic E-state index is 0.0848. The Kier molecular flexibility index (Phi) is 6.55. The minimum Gasteiger partial charge on any atom is -0.506 e. The third-order valence-electron chi connectivity index (χ3n) is 7.01. The molecule has 2 aliphatic carbocycles. The fourth-order valence-corrected chi connectivity index (χ4v) is 5.25. The van der Waals surface area contributed by atoms with E-state index >= 15 is 0 Å². The second-order valence-corrected chi connectivity index (χ2v) is 9.78. The first-order valence-electron chi connectivity index (χ1n) is 12.1. The van der Waals surface area contributed by atoms with Crippen molar-refractivity contribution in [3.63, 3.8) is 0 Å². The normalized spacial score (nSPS) is 21.9.